The first-order valence-electron chi connectivity index (χ1n) is 7.77. The molecule has 0 aromatic heterocycles. The first kappa shape index (κ1) is 18.6. The van der Waals surface area contributed by atoms with Crippen LogP contribution < -0.4 is 15.4 Å². The molecule has 1 atom stereocenters. The smallest absolute Gasteiger partial charge is 0.252 e. The Labute approximate surface area is 139 Å². The summed E-state index contributed by atoms with van der Waals surface area (Å²) >= 11 is 0. The minimum Gasteiger partial charge on any atom is -0.491 e. The van der Waals surface area contributed by atoms with E-state index < -0.39 is 23.3 Å². The summed E-state index contributed by atoms with van der Waals surface area (Å²) in [6, 6.07) is 3.10. The first-order chi connectivity index (χ1) is 11.5. The van der Waals surface area contributed by atoms with Gasteiger partial charge in [-0.2, -0.15) is 0 Å². The molecule has 3 N–H and O–H groups in total. The van der Waals surface area contributed by atoms with Gasteiger partial charge in [0.2, 0.25) is 0 Å². The van der Waals surface area contributed by atoms with Gasteiger partial charge in [0.25, 0.3) is 5.91 Å². The number of halogens is 2. The molecular formula is C16H22F2N2O4. The molecule has 0 bridgehead atoms. The second kappa shape index (κ2) is 8.36. The first-order valence-corrected chi connectivity index (χ1v) is 7.77. The van der Waals surface area contributed by atoms with Crippen LogP contribution in [-0.2, 0) is 9.53 Å². The lowest BCUT2D eigenvalue weighted by molar-refractivity contribution is -0.147. The molecule has 1 heterocycles. The van der Waals surface area contributed by atoms with Gasteiger partial charge in [-0.15, -0.1) is 0 Å². The van der Waals surface area contributed by atoms with E-state index in [1.54, 1.807) is 0 Å². The fourth-order valence-corrected chi connectivity index (χ4v) is 2.54. The quantitative estimate of drug-likeness (QED) is 0.675. The maximum atomic E-state index is 13.1. The molecule has 0 aliphatic carbocycles. The summed E-state index contributed by atoms with van der Waals surface area (Å²) in [5, 5.41) is 15.7. The Morgan fingerprint density at radius 2 is 2.08 bits per heavy atom. The lowest BCUT2D eigenvalue weighted by atomic mass is 9.91. The van der Waals surface area contributed by atoms with Crippen LogP contribution in [0.15, 0.2) is 18.2 Å². The predicted octanol–water partition coefficient (Wildman–Crippen LogP) is 0.589. The number of methoxy groups -OCH3 is 1. The molecule has 0 saturated carbocycles. The topological polar surface area (TPSA) is 79.8 Å². The Morgan fingerprint density at radius 1 is 1.38 bits per heavy atom. The highest BCUT2D eigenvalue weighted by Crippen LogP contribution is 2.22. The minimum atomic E-state index is -1.02. The maximum Gasteiger partial charge on any atom is 0.252 e. The number of benzene rings is 1. The third-order valence-electron chi connectivity index (χ3n) is 4.05. The van der Waals surface area contributed by atoms with Crippen molar-refractivity contribution in [3.63, 3.8) is 0 Å². The predicted molar refractivity (Wildman–Crippen MR) is 82.7 cm³/mol. The van der Waals surface area contributed by atoms with Crippen molar-refractivity contribution < 1.29 is 28.2 Å². The SMILES string of the molecule is COC1(C(=O)NCC(O)COc2ccc(F)c(F)c2)CCNCC1. The number of hydrogen-bond acceptors (Lipinski definition) is 5. The van der Waals surface area contributed by atoms with E-state index in [1.807, 2.05) is 0 Å². The van der Waals surface area contributed by atoms with Crippen molar-refractivity contribution in [2.75, 3.05) is 33.4 Å². The van der Waals surface area contributed by atoms with Crippen molar-refractivity contribution >= 4 is 5.91 Å². The number of rotatable bonds is 7. The second-order valence-electron chi connectivity index (χ2n) is 5.70. The lowest BCUT2D eigenvalue weighted by Gasteiger charge is -2.35. The van der Waals surface area contributed by atoms with Gasteiger partial charge >= 0.3 is 0 Å². The van der Waals surface area contributed by atoms with E-state index in [2.05, 4.69) is 10.6 Å². The Morgan fingerprint density at radius 3 is 2.71 bits per heavy atom. The summed E-state index contributed by atoms with van der Waals surface area (Å²) in [6.45, 7) is 1.18. The molecule has 1 aromatic rings. The molecule has 0 spiro atoms. The molecule has 1 amide bonds. The molecule has 1 aliphatic rings. The molecule has 6 nitrogen and oxygen atoms in total. The number of carbonyl (C=O) groups is 1. The van der Waals surface area contributed by atoms with Gasteiger partial charge in [0.15, 0.2) is 11.6 Å². The van der Waals surface area contributed by atoms with Crippen LogP contribution in [0.1, 0.15) is 12.8 Å². The molecule has 1 fully saturated rings. The fraction of sp³-hybridized carbons (Fsp3) is 0.562. The monoisotopic (exact) mass is 344 g/mol. The number of piperidine rings is 1. The Bertz CT molecular complexity index is 565. The molecular weight excluding hydrogens is 322 g/mol. The standard InChI is InChI=1S/C16H22F2N2O4/c1-23-16(4-6-19-7-5-16)15(22)20-9-11(21)10-24-12-2-3-13(17)14(18)8-12/h2-3,8,11,19,21H,4-7,9-10H2,1H3,(H,20,22). The Balaban J connectivity index is 1.78. The highest BCUT2D eigenvalue weighted by atomic mass is 19.2. The van der Waals surface area contributed by atoms with Crippen LogP contribution in [0, 0.1) is 11.6 Å². The van der Waals surface area contributed by atoms with Gasteiger partial charge in [-0.25, -0.2) is 8.78 Å². The number of hydrogen-bond donors (Lipinski definition) is 3. The third-order valence-corrected chi connectivity index (χ3v) is 4.05. The highest BCUT2D eigenvalue weighted by Gasteiger charge is 2.39. The Kier molecular flexibility index (Phi) is 6.47. The molecule has 1 aliphatic heterocycles. The van der Waals surface area contributed by atoms with E-state index in [-0.39, 0.29) is 24.8 Å². The summed E-state index contributed by atoms with van der Waals surface area (Å²) in [6.07, 6.45) is 0.116. The highest BCUT2D eigenvalue weighted by molar-refractivity contribution is 5.85. The summed E-state index contributed by atoms with van der Waals surface area (Å²) in [5.74, 6) is -2.17. The average Bonchev–Trinajstić information content (AvgIpc) is 2.61. The van der Waals surface area contributed by atoms with E-state index in [0.717, 1.165) is 12.1 Å². The molecule has 1 unspecified atom stereocenters. The van der Waals surface area contributed by atoms with Gasteiger partial charge in [-0.1, -0.05) is 0 Å². The van der Waals surface area contributed by atoms with Crippen molar-refractivity contribution in [1.82, 2.24) is 10.6 Å². The summed E-state index contributed by atoms with van der Waals surface area (Å²) in [5.41, 5.74) is -0.883. The zero-order chi connectivity index (χ0) is 17.6. The molecule has 24 heavy (non-hydrogen) atoms. The number of amides is 1. The van der Waals surface area contributed by atoms with Crippen molar-refractivity contribution in [2.45, 2.75) is 24.5 Å². The van der Waals surface area contributed by atoms with Crippen molar-refractivity contribution in [3.8, 4) is 5.75 Å². The van der Waals surface area contributed by atoms with Crippen LogP contribution in [0.3, 0.4) is 0 Å². The van der Waals surface area contributed by atoms with Gasteiger partial charge in [0.1, 0.15) is 24.1 Å². The number of carbonyl (C=O) groups excluding carboxylic acids is 1. The van der Waals surface area contributed by atoms with Crippen molar-refractivity contribution in [3.05, 3.63) is 29.8 Å². The maximum absolute atomic E-state index is 13.1. The van der Waals surface area contributed by atoms with Gasteiger partial charge in [-0.3, -0.25) is 4.79 Å². The van der Waals surface area contributed by atoms with Crippen LogP contribution in [0.5, 0.6) is 5.75 Å². The van der Waals surface area contributed by atoms with Crippen LogP contribution in [-0.4, -0.2) is 56.1 Å². The van der Waals surface area contributed by atoms with Crippen LogP contribution >= 0.6 is 0 Å². The van der Waals surface area contributed by atoms with E-state index in [1.165, 1.54) is 13.2 Å². The summed E-state index contributed by atoms with van der Waals surface area (Å²) < 4.78 is 36.4. The number of aliphatic hydroxyl groups is 1. The van der Waals surface area contributed by atoms with Crippen molar-refractivity contribution in [1.29, 1.82) is 0 Å². The molecule has 1 aromatic carbocycles. The number of ether oxygens (including phenoxy) is 2. The minimum absolute atomic E-state index is 0.0267. The van der Waals surface area contributed by atoms with E-state index in [4.69, 9.17) is 9.47 Å². The zero-order valence-electron chi connectivity index (χ0n) is 13.5. The number of aliphatic hydroxyl groups excluding tert-OH is 1. The van der Waals surface area contributed by atoms with Crippen LogP contribution in [0.4, 0.5) is 8.78 Å². The average molecular weight is 344 g/mol. The lowest BCUT2D eigenvalue weighted by Crippen LogP contribution is -2.55. The molecule has 1 saturated heterocycles. The molecule has 134 valence electrons. The molecule has 8 heteroatoms. The van der Waals surface area contributed by atoms with Crippen LogP contribution in [0.2, 0.25) is 0 Å². The van der Waals surface area contributed by atoms with E-state index in [0.29, 0.717) is 25.9 Å². The van der Waals surface area contributed by atoms with Gasteiger partial charge in [0.05, 0.1) is 0 Å². The van der Waals surface area contributed by atoms with Crippen LogP contribution in [0.25, 0.3) is 0 Å². The van der Waals surface area contributed by atoms with E-state index >= 15 is 0 Å². The molecule has 0 radical (unpaired) electrons. The molecule has 2 rings (SSSR count). The van der Waals surface area contributed by atoms with Gasteiger partial charge < -0.3 is 25.2 Å². The summed E-state index contributed by atoms with van der Waals surface area (Å²) in [4.78, 5) is 12.3. The summed E-state index contributed by atoms with van der Waals surface area (Å²) in [7, 11) is 1.49. The third kappa shape index (κ3) is 4.62. The fourth-order valence-electron chi connectivity index (χ4n) is 2.54. The Hall–Kier alpha value is -1.77. The second-order valence-corrected chi connectivity index (χ2v) is 5.70. The van der Waals surface area contributed by atoms with E-state index in [9.17, 15) is 18.7 Å². The zero-order valence-corrected chi connectivity index (χ0v) is 13.5. The van der Waals surface area contributed by atoms with Gasteiger partial charge in [-0.05, 0) is 38.1 Å². The van der Waals surface area contributed by atoms with Gasteiger partial charge in [0, 0.05) is 19.7 Å². The largest absolute Gasteiger partial charge is 0.491 e. The number of nitrogens with one attached hydrogen (secondary N) is 2. The normalized spacial score (nSPS) is 18.0. The van der Waals surface area contributed by atoms with Crippen molar-refractivity contribution in [2.24, 2.45) is 0 Å².